The molecule has 124 valence electrons. The van der Waals surface area contributed by atoms with Crippen molar-refractivity contribution in [3.63, 3.8) is 0 Å². The van der Waals surface area contributed by atoms with Crippen molar-refractivity contribution in [1.29, 1.82) is 0 Å². The number of H-pyrrole nitrogens is 1. The van der Waals surface area contributed by atoms with Gasteiger partial charge in [-0.1, -0.05) is 19.1 Å². The van der Waals surface area contributed by atoms with Gasteiger partial charge in [0.15, 0.2) is 0 Å². The van der Waals surface area contributed by atoms with Crippen LogP contribution in [0.15, 0.2) is 41.5 Å². The molecule has 24 heavy (non-hydrogen) atoms. The lowest BCUT2D eigenvalue weighted by atomic mass is 10.0. The van der Waals surface area contributed by atoms with E-state index in [0.717, 1.165) is 17.7 Å². The van der Waals surface area contributed by atoms with Crippen molar-refractivity contribution in [3.05, 3.63) is 63.7 Å². The second-order valence-corrected chi connectivity index (χ2v) is 6.07. The van der Waals surface area contributed by atoms with Gasteiger partial charge >= 0.3 is 0 Å². The van der Waals surface area contributed by atoms with Crippen molar-refractivity contribution in [1.82, 2.24) is 14.7 Å². The van der Waals surface area contributed by atoms with Crippen LogP contribution in [0.2, 0.25) is 0 Å². The number of amides is 1. The molecule has 3 aromatic rings. The molecule has 3 rings (SSSR count). The van der Waals surface area contributed by atoms with Crippen molar-refractivity contribution >= 4 is 11.4 Å². The highest BCUT2D eigenvalue weighted by Gasteiger charge is 2.11. The minimum atomic E-state index is -0.208. The van der Waals surface area contributed by atoms with Crippen LogP contribution in [-0.4, -0.2) is 21.8 Å². The van der Waals surface area contributed by atoms with Crippen LogP contribution in [0.3, 0.4) is 0 Å². The Morgan fingerprint density at radius 3 is 2.67 bits per heavy atom. The Balaban J connectivity index is 2.05. The van der Waals surface area contributed by atoms with Crippen LogP contribution < -0.4 is 10.9 Å². The molecule has 0 atom stereocenters. The minimum Gasteiger partial charge on any atom is -0.352 e. The van der Waals surface area contributed by atoms with Gasteiger partial charge in [0.1, 0.15) is 5.52 Å². The first kappa shape index (κ1) is 16.1. The summed E-state index contributed by atoms with van der Waals surface area (Å²) in [6.45, 7) is 6.71. The average molecular weight is 323 g/mol. The molecule has 0 fully saturated rings. The van der Waals surface area contributed by atoms with Gasteiger partial charge in [0.25, 0.3) is 11.5 Å². The first-order valence-corrected chi connectivity index (χ1v) is 8.10. The zero-order valence-electron chi connectivity index (χ0n) is 14.1. The Morgan fingerprint density at radius 2 is 1.96 bits per heavy atom. The SMILES string of the molecule is CCCNC(=O)c1cc2c(=O)[nH]c(-c3ccc(C)c(C)c3)cn2c1. The number of benzene rings is 1. The Labute approximate surface area is 140 Å². The Bertz CT molecular complexity index is 966. The van der Waals surface area contributed by atoms with Crippen LogP contribution in [-0.2, 0) is 0 Å². The van der Waals surface area contributed by atoms with Gasteiger partial charge in [-0.05, 0) is 49.1 Å². The molecule has 0 aliphatic carbocycles. The number of rotatable bonds is 4. The van der Waals surface area contributed by atoms with E-state index >= 15 is 0 Å². The van der Waals surface area contributed by atoms with Crippen LogP contribution in [0.25, 0.3) is 16.8 Å². The fraction of sp³-hybridized carbons (Fsp3) is 0.263. The Hall–Kier alpha value is -2.82. The number of aromatic nitrogens is 2. The number of fused-ring (bicyclic) bond motifs is 1. The molecule has 1 aromatic carbocycles. The zero-order valence-corrected chi connectivity index (χ0v) is 14.1. The largest absolute Gasteiger partial charge is 0.352 e. The summed E-state index contributed by atoms with van der Waals surface area (Å²) in [6.07, 6.45) is 4.41. The van der Waals surface area contributed by atoms with Crippen LogP contribution in [0.1, 0.15) is 34.8 Å². The lowest BCUT2D eigenvalue weighted by molar-refractivity contribution is 0.0954. The number of nitrogens with zero attached hydrogens (tertiary/aromatic N) is 1. The van der Waals surface area contributed by atoms with Gasteiger partial charge in [-0.2, -0.15) is 0 Å². The Kier molecular flexibility index (Phi) is 4.25. The van der Waals surface area contributed by atoms with Gasteiger partial charge in [0, 0.05) is 18.9 Å². The molecular weight excluding hydrogens is 302 g/mol. The van der Waals surface area contributed by atoms with Gasteiger partial charge < -0.3 is 14.7 Å². The number of carbonyl (C=O) groups excluding carboxylic acids is 1. The zero-order chi connectivity index (χ0) is 17.3. The van der Waals surface area contributed by atoms with Crippen LogP contribution >= 0.6 is 0 Å². The fourth-order valence-electron chi connectivity index (χ4n) is 2.65. The number of nitrogens with one attached hydrogen (secondary N) is 2. The number of aryl methyl sites for hydroxylation is 2. The monoisotopic (exact) mass is 323 g/mol. The highest BCUT2D eigenvalue weighted by Crippen LogP contribution is 2.20. The quantitative estimate of drug-likeness (QED) is 0.775. The van der Waals surface area contributed by atoms with Crippen LogP contribution in [0, 0.1) is 13.8 Å². The van der Waals surface area contributed by atoms with E-state index in [1.807, 2.05) is 38.2 Å². The topological polar surface area (TPSA) is 66.4 Å². The molecule has 0 bridgehead atoms. The summed E-state index contributed by atoms with van der Waals surface area (Å²) in [5.74, 6) is -0.160. The summed E-state index contributed by atoms with van der Waals surface area (Å²) >= 11 is 0. The van der Waals surface area contributed by atoms with E-state index in [1.54, 1.807) is 16.7 Å². The molecule has 0 aliphatic rings. The number of aromatic amines is 1. The second kappa shape index (κ2) is 6.35. The molecule has 0 saturated carbocycles. The van der Waals surface area contributed by atoms with Crippen molar-refractivity contribution in [2.24, 2.45) is 0 Å². The summed E-state index contributed by atoms with van der Waals surface area (Å²) in [7, 11) is 0. The highest BCUT2D eigenvalue weighted by atomic mass is 16.1. The normalized spacial score (nSPS) is 11.0. The third-order valence-electron chi connectivity index (χ3n) is 4.21. The van der Waals surface area contributed by atoms with E-state index in [2.05, 4.69) is 17.2 Å². The van der Waals surface area contributed by atoms with Gasteiger partial charge in [-0.25, -0.2) is 0 Å². The Morgan fingerprint density at radius 1 is 1.17 bits per heavy atom. The molecule has 0 unspecified atom stereocenters. The second-order valence-electron chi connectivity index (χ2n) is 6.07. The third-order valence-corrected chi connectivity index (χ3v) is 4.21. The van der Waals surface area contributed by atoms with Crippen molar-refractivity contribution in [2.45, 2.75) is 27.2 Å². The van der Waals surface area contributed by atoms with Crippen molar-refractivity contribution < 1.29 is 4.79 Å². The summed E-state index contributed by atoms with van der Waals surface area (Å²) < 4.78 is 1.71. The van der Waals surface area contributed by atoms with Gasteiger partial charge in [0.2, 0.25) is 0 Å². The molecule has 5 heteroatoms. The predicted octanol–water partition coefficient (Wildman–Crippen LogP) is 3.05. The van der Waals surface area contributed by atoms with E-state index in [1.165, 1.54) is 11.1 Å². The van der Waals surface area contributed by atoms with Gasteiger partial charge in [0.05, 0.1) is 11.3 Å². The standard InChI is InChI=1S/C19H21N3O2/c1-4-7-20-18(23)15-9-17-19(24)21-16(11-22(17)10-15)14-6-5-12(2)13(3)8-14/h5-6,8-11H,4,7H2,1-3H3,(H,20,23)(H,21,24). The minimum absolute atomic E-state index is 0.160. The molecule has 2 aromatic heterocycles. The average Bonchev–Trinajstić information content (AvgIpc) is 3.00. The maximum absolute atomic E-state index is 12.4. The first-order chi connectivity index (χ1) is 11.5. The fourth-order valence-corrected chi connectivity index (χ4v) is 2.65. The predicted molar refractivity (Wildman–Crippen MR) is 95.6 cm³/mol. The summed E-state index contributed by atoms with van der Waals surface area (Å²) in [5, 5.41) is 2.82. The van der Waals surface area contributed by atoms with E-state index in [9.17, 15) is 9.59 Å². The molecule has 5 nitrogen and oxygen atoms in total. The molecule has 0 radical (unpaired) electrons. The molecular formula is C19H21N3O2. The summed E-state index contributed by atoms with van der Waals surface area (Å²) in [5.41, 5.74) is 4.80. The lowest BCUT2D eigenvalue weighted by Gasteiger charge is -2.06. The van der Waals surface area contributed by atoms with Crippen LogP contribution in [0.4, 0.5) is 0 Å². The molecule has 2 heterocycles. The van der Waals surface area contributed by atoms with Gasteiger partial charge in [-0.15, -0.1) is 0 Å². The summed E-state index contributed by atoms with van der Waals surface area (Å²) in [6, 6.07) is 7.68. The van der Waals surface area contributed by atoms with E-state index in [-0.39, 0.29) is 11.5 Å². The van der Waals surface area contributed by atoms with Crippen LogP contribution in [0.5, 0.6) is 0 Å². The van der Waals surface area contributed by atoms with E-state index in [0.29, 0.717) is 17.6 Å². The van der Waals surface area contributed by atoms with Crippen molar-refractivity contribution in [2.75, 3.05) is 6.54 Å². The smallest absolute Gasteiger partial charge is 0.272 e. The summed E-state index contributed by atoms with van der Waals surface area (Å²) in [4.78, 5) is 27.4. The number of carbonyl (C=O) groups is 1. The lowest BCUT2D eigenvalue weighted by Crippen LogP contribution is -2.23. The maximum Gasteiger partial charge on any atom is 0.272 e. The van der Waals surface area contributed by atoms with E-state index < -0.39 is 0 Å². The molecule has 0 aliphatic heterocycles. The highest BCUT2D eigenvalue weighted by molar-refractivity contribution is 5.95. The first-order valence-electron chi connectivity index (χ1n) is 8.10. The number of hydrogen-bond acceptors (Lipinski definition) is 2. The molecule has 1 amide bonds. The maximum atomic E-state index is 12.4. The molecule has 0 spiro atoms. The third kappa shape index (κ3) is 2.97. The van der Waals surface area contributed by atoms with Crippen molar-refractivity contribution in [3.8, 4) is 11.3 Å². The van der Waals surface area contributed by atoms with Gasteiger partial charge in [-0.3, -0.25) is 9.59 Å². The van der Waals surface area contributed by atoms with E-state index in [4.69, 9.17) is 0 Å². The molecule has 2 N–H and O–H groups in total. The number of hydrogen-bond donors (Lipinski definition) is 2. The molecule has 0 saturated heterocycles.